The first-order valence-corrected chi connectivity index (χ1v) is 9.68. The highest BCUT2D eigenvalue weighted by Crippen LogP contribution is 2.34. The number of carbonyl (C=O) groups is 2. The standard InChI is InChI=1S/C22H18ClFN2O3/c1-2-29-22(28)18-12-25-10-9-16-17-11-15(24)7-8-19(17)26(20(16)18)21(27)13-3-5-14(23)6-4-13/h3-8,11-12,18H,2,9-10H2,1H3. The number of aromatic nitrogens is 1. The summed E-state index contributed by atoms with van der Waals surface area (Å²) in [4.78, 5) is 30.4. The molecular weight excluding hydrogens is 395 g/mol. The zero-order valence-electron chi connectivity index (χ0n) is 15.7. The molecule has 29 heavy (non-hydrogen) atoms. The molecule has 0 spiro atoms. The molecule has 0 amide bonds. The highest BCUT2D eigenvalue weighted by Gasteiger charge is 2.33. The summed E-state index contributed by atoms with van der Waals surface area (Å²) in [6.07, 6.45) is 2.01. The summed E-state index contributed by atoms with van der Waals surface area (Å²) in [5, 5.41) is 1.11. The molecule has 2 aromatic carbocycles. The fraction of sp³-hybridized carbons (Fsp3) is 0.227. The van der Waals surface area contributed by atoms with Crippen molar-refractivity contribution in [2.45, 2.75) is 19.3 Å². The van der Waals surface area contributed by atoms with Crippen LogP contribution in [0.25, 0.3) is 10.9 Å². The Morgan fingerprint density at radius 2 is 2.00 bits per heavy atom. The highest BCUT2D eigenvalue weighted by molar-refractivity contribution is 6.30. The van der Waals surface area contributed by atoms with Gasteiger partial charge in [0.05, 0.1) is 12.1 Å². The minimum atomic E-state index is -0.848. The molecule has 148 valence electrons. The Morgan fingerprint density at radius 1 is 1.24 bits per heavy atom. The van der Waals surface area contributed by atoms with E-state index in [1.165, 1.54) is 22.9 Å². The average molecular weight is 413 g/mol. The van der Waals surface area contributed by atoms with Gasteiger partial charge in [0.1, 0.15) is 11.7 Å². The molecule has 1 aliphatic rings. The molecule has 0 radical (unpaired) electrons. The first kappa shape index (κ1) is 19.3. The number of hydrogen-bond donors (Lipinski definition) is 0. The van der Waals surface area contributed by atoms with Crippen LogP contribution >= 0.6 is 11.6 Å². The molecule has 0 saturated heterocycles. The molecule has 7 heteroatoms. The van der Waals surface area contributed by atoms with Crippen LogP contribution in [-0.2, 0) is 16.0 Å². The maximum atomic E-state index is 14.0. The lowest BCUT2D eigenvalue weighted by atomic mass is 9.99. The molecular formula is C22H18ClFN2O3. The van der Waals surface area contributed by atoms with Crippen LogP contribution in [0.5, 0.6) is 0 Å². The first-order chi connectivity index (χ1) is 14.0. The number of ether oxygens (including phenoxy) is 1. The molecule has 2 heterocycles. The molecule has 1 atom stereocenters. The summed E-state index contributed by atoms with van der Waals surface area (Å²) in [6.45, 7) is 2.36. The molecule has 0 N–H and O–H groups in total. The van der Waals surface area contributed by atoms with Gasteiger partial charge in [0.25, 0.3) is 5.91 Å². The lowest BCUT2D eigenvalue weighted by Gasteiger charge is -2.16. The predicted molar refractivity (Wildman–Crippen MR) is 110 cm³/mol. The fourth-order valence-electron chi connectivity index (χ4n) is 3.71. The number of rotatable bonds is 3. The monoisotopic (exact) mass is 412 g/mol. The number of esters is 1. The predicted octanol–water partition coefficient (Wildman–Crippen LogP) is 4.40. The van der Waals surface area contributed by atoms with E-state index in [1.54, 1.807) is 37.3 Å². The van der Waals surface area contributed by atoms with Crippen molar-refractivity contribution in [1.82, 2.24) is 4.57 Å². The summed E-state index contributed by atoms with van der Waals surface area (Å²) < 4.78 is 20.7. The van der Waals surface area contributed by atoms with E-state index in [1.807, 2.05) is 0 Å². The Hall–Kier alpha value is -2.99. The number of nitrogens with zero attached hydrogens (tertiary/aromatic N) is 2. The number of hydrogen-bond acceptors (Lipinski definition) is 4. The van der Waals surface area contributed by atoms with E-state index in [4.69, 9.17) is 16.3 Å². The maximum absolute atomic E-state index is 14.0. The Morgan fingerprint density at radius 3 is 2.72 bits per heavy atom. The topological polar surface area (TPSA) is 60.7 Å². The number of benzene rings is 2. The van der Waals surface area contributed by atoms with Crippen molar-refractivity contribution in [2.24, 2.45) is 4.99 Å². The van der Waals surface area contributed by atoms with Crippen LogP contribution in [0.3, 0.4) is 0 Å². The first-order valence-electron chi connectivity index (χ1n) is 9.31. The second-order valence-electron chi connectivity index (χ2n) is 6.71. The van der Waals surface area contributed by atoms with Crippen LogP contribution in [0.4, 0.5) is 4.39 Å². The highest BCUT2D eigenvalue weighted by atomic mass is 35.5. The van der Waals surface area contributed by atoms with E-state index in [9.17, 15) is 14.0 Å². The molecule has 1 unspecified atom stereocenters. The lowest BCUT2D eigenvalue weighted by molar-refractivity contribution is -0.143. The van der Waals surface area contributed by atoms with Crippen LogP contribution in [-0.4, -0.2) is 35.8 Å². The van der Waals surface area contributed by atoms with E-state index < -0.39 is 17.7 Å². The van der Waals surface area contributed by atoms with Gasteiger partial charge in [-0.1, -0.05) is 11.6 Å². The number of fused-ring (bicyclic) bond motifs is 3. The average Bonchev–Trinajstić information content (AvgIpc) is 2.86. The molecule has 1 aromatic heterocycles. The van der Waals surface area contributed by atoms with Gasteiger partial charge < -0.3 is 4.74 Å². The molecule has 0 saturated carbocycles. The van der Waals surface area contributed by atoms with Crippen molar-refractivity contribution in [3.63, 3.8) is 0 Å². The quantitative estimate of drug-likeness (QED) is 0.599. The summed E-state index contributed by atoms with van der Waals surface area (Å²) in [5.74, 6) is -2.08. The summed E-state index contributed by atoms with van der Waals surface area (Å²) >= 11 is 5.95. The fourth-order valence-corrected chi connectivity index (χ4v) is 3.83. The summed E-state index contributed by atoms with van der Waals surface area (Å²) in [5.41, 5.74) is 2.16. The van der Waals surface area contributed by atoms with Gasteiger partial charge in [0.15, 0.2) is 0 Å². The van der Waals surface area contributed by atoms with Gasteiger partial charge in [0.2, 0.25) is 0 Å². The summed E-state index contributed by atoms with van der Waals surface area (Å²) in [6, 6.07) is 10.8. The van der Waals surface area contributed by atoms with E-state index in [0.29, 0.717) is 40.1 Å². The van der Waals surface area contributed by atoms with E-state index in [-0.39, 0.29) is 12.5 Å². The van der Waals surface area contributed by atoms with E-state index in [0.717, 1.165) is 5.56 Å². The van der Waals surface area contributed by atoms with E-state index in [2.05, 4.69) is 4.99 Å². The van der Waals surface area contributed by atoms with Crippen molar-refractivity contribution < 1.29 is 18.7 Å². The van der Waals surface area contributed by atoms with Crippen molar-refractivity contribution in [3.05, 3.63) is 70.1 Å². The molecule has 4 rings (SSSR count). The Balaban J connectivity index is 2.00. The number of aliphatic imine (C=N–C) groups is 1. The Bertz CT molecular complexity index is 1140. The molecule has 3 aromatic rings. The molecule has 0 aliphatic carbocycles. The van der Waals surface area contributed by atoms with Gasteiger partial charge in [0, 0.05) is 34.4 Å². The van der Waals surface area contributed by atoms with Gasteiger partial charge >= 0.3 is 5.97 Å². The van der Waals surface area contributed by atoms with Crippen LogP contribution in [0.1, 0.15) is 34.5 Å². The third kappa shape index (κ3) is 3.44. The smallest absolute Gasteiger partial charge is 0.320 e. The third-order valence-electron chi connectivity index (χ3n) is 4.95. The maximum Gasteiger partial charge on any atom is 0.320 e. The number of carbonyl (C=O) groups excluding carboxylic acids is 2. The second-order valence-corrected chi connectivity index (χ2v) is 7.14. The molecule has 5 nitrogen and oxygen atoms in total. The van der Waals surface area contributed by atoms with Crippen molar-refractivity contribution in [3.8, 4) is 0 Å². The Kier molecular flexibility index (Phi) is 5.20. The zero-order valence-corrected chi connectivity index (χ0v) is 16.4. The van der Waals surface area contributed by atoms with Gasteiger partial charge in [-0.2, -0.15) is 0 Å². The van der Waals surface area contributed by atoms with Gasteiger partial charge in [-0.15, -0.1) is 0 Å². The van der Waals surface area contributed by atoms with Crippen LogP contribution in [0.15, 0.2) is 47.5 Å². The second kappa shape index (κ2) is 7.79. The van der Waals surface area contributed by atoms with Gasteiger partial charge in [-0.05, 0) is 61.4 Å². The lowest BCUT2D eigenvalue weighted by Crippen LogP contribution is -2.24. The Labute approximate surface area is 171 Å². The van der Waals surface area contributed by atoms with E-state index >= 15 is 0 Å². The number of halogens is 2. The van der Waals surface area contributed by atoms with Crippen molar-refractivity contribution in [2.75, 3.05) is 13.2 Å². The zero-order chi connectivity index (χ0) is 20.5. The SMILES string of the molecule is CCOC(=O)C1C=NCCc2c1n(C(=O)c1ccc(Cl)cc1)c1ccc(F)cc21. The summed E-state index contributed by atoms with van der Waals surface area (Å²) in [7, 11) is 0. The van der Waals surface area contributed by atoms with Crippen molar-refractivity contribution >= 4 is 40.6 Å². The van der Waals surface area contributed by atoms with Crippen molar-refractivity contribution in [1.29, 1.82) is 0 Å². The third-order valence-corrected chi connectivity index (χ3v) is 5.20. The van der Waals surface area contributed by atoms with Crippen LogP contribution in [0, 0.1) is 5.82 Å². The minimum absolute atomic E-state index is 0.207. The molecule has 0 fully saturated rings. The minimum Gasteiger partial charge on any atom is -0.465 e. The van der Waals surface area contributed by atoms with Crippen LogP contribution < -0.4 is 0 Å². The van der Waals surface area contributed by atoms with Crippen LogP contribution in [0.2, 0.25) is 5.02 Å². The van der Waals surface area contributed by atoms with Gasteiger partial charge in [-0.25, -0.2) is 4.39 Å². The molecule has 1 aliphatic heterocycles. The largest absolute Gasteiger partial charge is 0.465 e. The van der Waals surface area contributed by atoms with Gasteiger partial charge in [-0.3, -0.25) is 19.1 Å². The normalized spacial score (nSPS) is 15.8. The molecule has 0 bridgehead atoms.